The van der Waals surface area contributed by atoms with Gasteiger partial charge in [-0.3, -0.25) is 14.5 Å². The third kappa shape index (κ3) is 7.27. The molecule has 1 aromatic heterocycles. The number of likely N-dealkylation sites (N-methyl/N-ethyl adjacent to an activating group) is 1. The quantitative estimate of drug-likeness (QED) is 0.353. The van der Waals surface area contributed by atoms with Gasteiger partial charge < -0.3 is 19.7 Å². The van der Waals surface area contributed by atoms with E-state index >= 15 is 0 Å². The van der Waals surface area contributed by atoms with Gasteiger partial charge in [0.1, 0.15) is 17.3 Å². The van der Waals surface area contributed by atoms with Crippen LogP contribution in [-0.2, 0) is 29.2 Å². The molecule has 0 unspecified atom stereocenters. The fourth-order valence-electron chi connectivity index (χ4n) is 4.76. The van der Waals surface area contributed by atoms with Crippen LogP contribution in [0.2, 0.25) is 0 Å². The van der Waals surface area contributed by atoms with Crippen LogP contribution in [0.5, 0.6) is 11.5 Å². The van der Waals surface area contributed by atoms with E-state index in [1.165, 1.54) is 0 Å². The molecule has 2 amide bonds. The van der Waals surface area contributed by atoms with Gasteiger partial charge in [0.15, 0.2) is 0 Å². The number of ether oxygens (including phenoxy) is 2. The van der Waals surface area contributed by atoms with Crippen molar-refractivity contribution in [2.24, 2.45) is 0 Å². The summed E-state index contributed by atoms with van der Waals surface area (Å²) in [5.41, 5.74) is 4.89. The molecule has 0 saturated carbocycles. The Morgan fingerprint density at radius 2 is 1.95 bits per heavy atom. The molecule has 1 aliphatic rings. The van der Waals surface area contributed by atoms with Gasteiger partial charge in [-0.2, -0.15) is 0 Å². The molecule has 0 bridgehead atoms. The lowest BCUT2D eigenvalue weighted by atomic mass is 9.99. The van der Waals surface area contributed by atoms with Gasteiger partial charge in [0.05, 0.1) is 20.3 Å². The van der Waals surface area contributed by atoms with E-state index in [1.54, 1.807) is 37.4 Å². The van der Waals surface area contributed by atoms with Crippen molar-refractivity contribution in [2.45, 2.75) is 46.3 Å². The zero-order valence-corrected chi connectivity index (χ0v) is 23.9. The fourth-order valence-corrected chi connectivity index (χ4v) is 4.76. The molecule has 40 heavy (non-hydrogen) atoms. The predicted octanol–water partition coefficient (Wildman–Crippen LogP) is 5.24. The van der Waals surface area contributed by atoms with Gasteiger partial charge in [-0.25, -0.2) is 4.98 Å². The summed E-state index contributed by atoms with van der Waals surface area (Å²) >= 11 is 0. The second-order valence-electron chi connectivity index (χ2n) is 10.3. The first-order valence-corrected chi connectivity index (χ1v) is 13.6. The number of amides is 2. The monoisotopic (exact) mass is 542 g/mol. The Kier molecular flexibility index (Phi) is 9.56. The van der Waals surface area contributed by atoms with E-state index in [-0.39, 0.29) is 18.4 Å². The normalized spacial score (nSPS) is 13.6. The number of methoxy groups -OCH3 is 1. The van der Waals surface area contributed by atoms with Crippen molar-refractivity contribution < 1.29 is 19.1 Å². The van der Waals surface area contributed by atoms with Crippen LogP contribution in [0, 0.1) is 0 Å². The number of nitrogens with one attached hydrogen (secondary N) is 1. The maximum atomic E-state index is 13.0. The van der Waals surface area contributed by atoms with Crippen molar-refractivity contribution in [3.63, 3.8) is 0 Å². The molecular formula is C32H38N4O4. The SMILES string of the molecule is CCOc1c(CN(C)C(=O)/C=C/c2cnc3c(c2)CN(Cc2ccc(OC)cc2)CC(=O)N3)cccc1C(C)C. The molecule has 2 heterocycles. The minimum absolute atomic E-state index is 0.104. The molecule has 8 heteroatoms. The molecule has 1 N–H and O–H groups in total. The highest BCUT2D eigenvalue weighted by Gasteiger charge is 2.21. The van der Waals surface area contributed by atoms with Crippen LogP contribution in [0.4, 0.5) is 5.82 Å². The standard InChI is InChI=1S/C32H38N4O4/c1-6-40-31-25(8-7-9-28(31)22(2)3)19-35(4)30(38)15-12-24-16-26-20-36(21-29(37)34-32(26)33-17-24)18-23-10-13-27(39-5)14-11-23/h7-17,22H,6,18-21H2,1-5H3,(H,33,34,37)/b15-12+. The van der Waals surface area contributed by atoms with Crippen molar-refractivity contribution in [1.29, 1.82) is 0 Å². The van der Waals surface area contributed by atoms with Gasteiger partial charge in [0, 0.05) is 50.1 Å². The minimum Gasteiger partial charge on any atom is -0.497 e. The topological polar surface area (TPSA) is 84.0 Å². The zero-order chi connectivity index (χ0) is 28.6. The van der Waals surface area contributed by atoms with Gasteiger partial charge in [-0.05, 0) is 53.8 Å². The molecule has 1 aliphatic heterocycles. The number of carbonyl (C=O) groups excluding carboxylic acids is 2. The summed E-state index contributed by atoms with van der Waals surface area (Å²) in [5.74, 6) is 2.30. The van der Waals surface area contributed by atoms with E-state index in [9.17, 15) is 9.59 Å². The van der Waals surface area contributed by atoms with E-state index in [1.807, 2.05) is 49.4 Å². The lowest BCUT2D eigenvalue weighted by molar-refractivity contribution is -0.125. The van der Waals surface area contributed by atoms with Crippen LogP contribution in [0.1, 0.15) is 54.5 Å². The van der Waals surface area contributed by atoms with E-state index in [2.05, 4.69) is 35.1 Å². The zero-order valence-electron chi connectivity index (χ0n) is 23.9. The van der Waals surface area contributed by atoms with Gasteiger partial charge in [0.25, 0.3) is 0 Å². The average Bonchev–Trinajstić information content (AvgIpc) is 3.09. The lowest BCUT2D eigenvalue weighted by Crippen LogP contribution is -2.29. The second kappa shape index (κ2) is 13.3. The van der Waals surface area contributed by atoms with E-state index in [0.29, 0.717) is 38.0 Å². The Hall–Kier alpha value is -4.17. The van der Waals surface area contributed by atoms with Crippen LogP contribution < -0.4 is 14.8 Å². The molecule has 0 aliphatic carbocycles. The maximum absolute atomic E-state index is 13.0. The van der Waals surface area contributed by atoms with Crippen molar-refractivity contribution in [1.82, 2.24) is 14.8 Å². The number of aromatic nitrogens is 1. The molecule has 8 nitrogen and oxygen atoms in total. The predicted molar refractivity (Wildman–Crippen MR) is 157 cm³/mol. The molecule has 0 fully saturated rings. The molecule has 0 radical (unpaired) electrons. The third-order valence-corrected chi connectivity index (χ3v) is 6.81. The Balaban J connectivity index is 1.45. The van der Waals surface area contributed by atoms with Crippen LogP contribution in [0.15, 0.2) is 60.8 Å². The first-order chi connectivity index (χ1) is 19.3. The Labute approximate surface area is 236 Å². The van der Waals surface area contributed by atoms with E-state index in [4.69, 9.17) is 9.47 Å². The summed E-state index contributed by atoms with van der Waals surface area (Å²) < 4.78 is 11.2. The van der Waals surface area contributed by atoms with Gasteiger partial charge in [0.2, 0.25) is 11.8 Å². The number of hydrogen-bond acceptors (Lipinski definition) is 6. The average molecular weight is 543 g/mol. The van der Waals surface area contributed by atoms with Crippen LogP contribution in [-0.4, -0.2) is 53.9 Å². The summed E-state index contributed by atoms with van der Waals surface area (Å²) in [4.78, 5) is 33.7. The highest BCUT2D eigenvalue weighted by molar-refractivity contribution is 5.93. The first-order valence-electron chi connectivity index (χ1n) is 13.6. The number of para-hydroxylation sites is 1. The Morgan fingerprint density at radius 1 is 1.18 bits per heavy atom. The second-order valence-corrected chi connectivity index (χ2v) is 10.3. The molecule has 3 aromatic rings. The third-order valence-electron chi connectivity index (χ3n) is 6.81. The van der Waals surface area contributed by atoms with Crippen molar-refractivity contribution in [3.05, 3.63) is 88.6 Å². The number of nitrogens with zero attached hydrogens (tertiary/aromatic N) is 3. The number of fused-ring (bicyclic) bond motifs is 1. The van der Waals surface area contributed by atoms with E-state index in [0.717, 1.165) is 39.3 Å². The summed E-state index contributed by atoms with van der Waals surface area (Å²) in [5, 5.41) is 2.90. The smallest absolute Gasteiger partial charge is 0.246 e. The number of anilines is 1. The molecule has 0 saturated heterocycles. The highest BCUT2D eigenvalue weighted by atomic mass is 16.5. The number of hydrogen-bond donors (Lipinski definition) is 1. The van der Waals surface area contributed by atoms with Gasteiger partial charge in [-0.1, -0.05) is 44.2 Å². The summed E-state index contributed by atoms with van der Waals surface area (Å²) in [6.45, 7) is 8.67. The number of carbonyl (C=O) groups is 2. The van der Waals surface area contributed by atoms with Gasteiger partial charge in [-0.15, -0.1) is 0 Å². The summed E-state index contributed by atoms with van der Waals surface area (Å²) in [6, 6.07) is 15.9. The Morgan fingerprint density at radius 3 is 2.65 bits per heavy atom. The van der Waals surface area contributed by atoms with Crippen molar-refractivity contribution in [2.75, 3.05) is 32.6 Å². The largest absolute Gasteiger partial charge is 0.497 e. The van der Waals surface area contributed by atoms with Crippen molar-refractivity contribution in [3.8, 4) is 11.5 Å². The van der Waals surface area contributed by atoms with Crippen molar-refractivity contribution >= 4 is 23.7 Å². The summed E-state index contributed by atoms with van der Waals surface area (Å²) in [7, 11) is 3.42. The Bertz CT molecular complexity index is 1370. The molecule has 0 atom stereocenters. The fraction of sp³-hybridized carbons (Fsp3) is 0.344. The highest BCUT2D eigenvalue weighted by Crippen LogP contribution is 2.31. The number of benzene rings is 2. The molecule has 4 rings (SSSR count). The molecule has 0 spiro atoms. The maximum Gasteiger partial charge on any atom is 0.246 e. The van der Waals surface area contributed by atoms with E-state index < -0.39 is 0 Å². The van der Waals surface area contributed by atoms with Crippen LogP contribution in [0.25, 0.3) is 6.08 Å². The first kappa shape index (κ1) is 28.8. The lowest BCUT2D eigenvalue weighted by Gasteiger charge is -2.21. The molecule has 210 valence electrons. The number of rotatable bonds is 10. The minimum atomic E-state index is -0.123. The van der Waals surface area contributed by atoms with Crippen LogP contribution >= 0.6 is 0 Å². The summed E-state index contributed by atoms with van der Waals surface area (Å²) in [6.07, 6.45) is 4.99. The molecular weight excluding hydrogens is 504 g/mol. The van der Waals surface area contributed by atoms with Gasteiger partial charge >= 0.3 is 0 Å². The van der Waals surface area contributed by atoms with Crippen LogP contribution in [0.3, 0.4) is 0 Å². The molecule has 2 aromatic carbocycles. The number of pyridine rings is 1.